The first-order valence-corrected chi connectivity index (χ1v) is 6.54. The molecule has 3 nitrogen and oxygen atoms in total. The number of rotatable bonds is 2. The number of aryl methyl sites for hydroxylation is 1. The zero-order valence-corrected chi connectivity index (χ0v) is 11.2. The predicted octanol–water partition coefficient (Wildman–Crippen LogP) is 2.93. The van der Waals surface area contributed by atoms with Gasteiger partial charge in [-0.2, -0.15) is 0 Å². The molecule has 0 radical (unpaired) electrons. The van der Waals surface area contributed by atoms with Crippen molar-refractivity contribution in [1.82, 2.24) is 9.97 Å². The van der Waals surface area contributed by atoms with Crippen molar-refractivity contribution in [2.45, 2.75) is 58.9 Å². The van der Waals surface area contributed by atoms with Crippen molar-refractivity contribution in [2.75, 3.05) is 0 Å². The van der Waals surface area contributed by atoms with Crippen LogP contribution >= 0.6 is 0 Å². The van der Waals surface area contributed by atoms with E-state index in [0.29, 0.717) is 17.9 Å². The molecule has 0 aromatic carbocycles. The van der Waals surface area contributed by atoms with Crippen molar-refractivity contribution >= 4 is 0 Å². The summed E-state index contributed by atoms with van der Waals surface area (Å²) in [5.74, 6) is 1.57. The fraction of sp³-hybridized carbons (Fsp3) is 0.714. The second-order valence-electron chi connectivity index (χ2n) is 5.98. The molecule has 0 saturated heterocycles. The second-order valence-corrected chi connectivity index (χ2v) is 5.98. The zero-order chi connectivity index (χ0) is 12.5. The lowest BCUT2D eigenvalue weighted by Gasteiger charge is -2.33. The van der Waals surface area contributed by atoms with Gasteiger partial charge in [-0.15, -0.1) is 0 Å². The van der Waals surface area contributed by atoms with E-state index in [0.717, 1.165) is 17.1 Å². The molecule has 1 saturated carbocycles. The van der Waals surface area contributed by atoms with E-state index >= 15 is 0 Å². The van der Waals surface area contributed by atoms with E-state index in [4.69, 9.17) is 5.73 Å². The van der Waals surface area contributed by atoms with Crippen LogP contribution in [-0.2, 0) is 6.54 Å². The SMILES string of the molecule is Cc1nc(C2CCC(C)(C)CC2)ncc1CN. The minimum Gasteiger partial charge on any atom is -0.326 e. The maximum absolute atomic E-state index is 5.63. The van der Waals surface area contributed by atoms with Crippen molar-refractivity contribution < 1.29 is 0 Å². The summed E-state index contributed by atoms with van der Waals surface area (Å²) in [4.78, 5) is 9.11. The van der Waals surface area contributed by atoms with E-state index in [1.807, 2.05) is 13.1 Å². The minimum atomic E-state index is 0.503. The summed E-state index contributed by atoms with van der Waals surface area (Å²) < 4.78 is 0. The highest BCUT2D eigenvalue weighted by molar-refractivity contribution is 5.17. The lowest BCUT2D eigenvalue weighted by atomic mass is 9.73. The Bertz CT molecular complexity index is 388. The van der Waals surface area contributed by atoms with Gasteiger partial charge in [0.05, 0.1) is 0 Å². The molecule has 1 aromatic heterocycles. The Morgan fingerprint density at radius 1 is 1.35 bits per heavy atom. The van der Waals surface area contributed by atoms with Crippen molar-refractivity contribution in [3.63, 3.8) is 0 Å². The highest BCUT2D eigenvalue weighted by Gasteiger charge is 2.29. The minimum absolute atomic E-state index is 0.503. The number of nitrogens with zero attached hydrogens (tertiary/aromatic N) is 2. The molecule has 0 unspecified atom stereocenters. The molecule has 1 fully saturated rings. The van der Waals surface area contributed by atoms with E-state index in [9.17, 15) is 0 Å². The van der Waals surface area contributed by atoms with E-state index < -0.39 is 0 Å². The Kier molecular flexibility index (Phi) is 3.48. The van der Waals surface area contributed by atoms with Crippen molar-refractivity contribution in [2.24, 2.45) is 11.1 Å². The largest absolute Gasteiger partial charge is 0.326 e. The molecular formula is C14H23N3. The fourth-order valence-electron chi connectivity index (χ4n) is 2.56. The Labute approximate surface area is 104 Å². The highest BCUT2D eigenvalue weighted by atomic mass is 14.9. The Morgan fingerprint density at radius 2 is 2.00 bits per heavy atom. The smallest absolute Gasteiger partial charge is 0.131 e. The van der Waals surface area contributed by atoms with Gasteiger partial charge in [-0.3, -0.25) is 0 Å². The topological polar surface area (TPSA) is 51.8 Å². The number of aromatic nitrogens is 2. The number of nitrogens with two attached hydrogens (primary N) is 1. The van der Waals surface area contributed by atoms with E-state index in [-0.39, 0.29) is 0 Å². The van der Waals surface area contributed by atoms with Gasteiger partial charge in [0, 0.05) is 29.9 Å². The molecule has 0 bridgehead atoms. The first-order chi connectivity index (χ1) is 8.02. The molecule has 2 rings (SSSR count). The summed E-state index contributed by atoms with van der Waals surface area (Å²) in [5, 5.41) is 0. The molecule has 0 amide bonds. The standard InChI is InChI=1S/C14H23N3/c1-10-12(8-15)9-16-13(17-10)11-4-6-14(2,3)7-5-11/h9,11H,4-8,15H2,1-3H3. The summed E-state index contributed by atoms with van der Waals surface area (Å²) in [5.41, 5.74) is 8.24. The van der Waals surface area contributed by atoms with Crippen LogP contribution in [0.4, 0.5) is 0 Å². The predicted molar refractivity (Wildman–Crippen MR) is 69.7 cm³/mol. The van der Waals surface area contributed by atoms with E-state index in [1.54, 1.807) is 0 Å². The van der Waals surface area contributed by atoms with Gasteiger partial charge in [-0.1, -0.05) is 13.8 Å². The van der Waals surface area contributed by atoms with Crippen LogP contribution in [0.5, 0.6) is 0 Å². The summed E-state index contributed by atoms with van der Waals surface area (Å²) in [6.07, 6.45) is 6.89. The fourth-order valence-corrected chi connectivity index (χ4v) is 2.56. The van der Waals surface area contributed by atoms with Crippen LogP contribution in [0, 0.1) is 12.3 Å². The van der Waals surface area contributed by atoms with Crippen LogP contribution in [0.1, 0.15) is 62.5 Å². The average Bonchev–Trinajstić information content (AvgIpc) is 2.29. The van der Waals surface area contributed by atoms with Gasteiger partial charge in [0.25, 0.3) is 0 Å². The number of hydrogen-bond donors (Lipinski definition) is 1. The molecule has 1 heterocycles. The van der Waals surface area contributed by atoms with Crippen molar-refractivity contribution in [3.8, 4) is 0 Å². The van der Waals surface area contributed by atoms with Crippen LogP contribution in [0.25, 0.3) is 0 Å². The third-order valence-electron chi connectivity index (χ3n) is 4.02. The van der Waals surface area contributed by atoms with Gasteiger partial charge in [-0.05, 0) is 38.0 Å². The van der Waals surface area contributed by atoms with Crippen molar-refractivity contribution in [3.05, 3.63) is 23.3 Å². The van der Waals surface area contributed by atoms with Gasteiger partial charge in [0.2, 0.25) is 0 Å². The maximum Gasteiger partial charge on any atom is 0.131 e. The second kappa shape index (κ2) is 4.73. The van der Waals surface area contributed by atoms with Crippen LogP contribution in [-0.4, -0.2) is 9.97 Å². The highest BCUT2D eigenvalue weighted by Crippen LogP contribution is 2.41. The monoisotopic (exact) mass is 233 g/mol. The number of hydrogen-bond acceptors (Lipinski definition) is 3. The summed E-state index contributed by atoms with van der Waals surface area (Å²) in [6.45, 7) is 7.27. The quantitative estimate of drug-likeness (QED) is 0.854. The maximum atomic E-state index is 5.63. The van der Waals surface area contributed by atoms with E-state index in [1.165, 1.54) is 25.7 Å². The molecule has 0 aliphatic heterocycles. The van der Waals surface area contributed by atoms with Gasteiger partial charge in [0.1, 0.15) is 5.82 Å². The lowest BCUT2D eigenvalue weighted by molar-refractivity contribution is 0.220. The Morgan fingerprint density at radius 3 is 2.53 bits per heavy atom. The van der Waals surface area contributed by atoms with Gasteiger partial charge < -0.3 is 5.73 Å². The van der Waals surface area contributed by atoms with Crippen LogP contribution < -0.4 is 5.73 Å². The molecule has 2 N–H and O–H groups in total. The average molecular weight is 233 g/mol. The first-order valence-electron chi connectivity index (χ1n) is 6.54. The van der Waals surface area contributed by atoms with Gasteiger partial charge in [-0.25, -0.2) is 9.97 Å². The van der Waals surface area contributed by atoms with Crippen molar-refractivity contribution in [1.29, 1.82) is 0 Å². The molecule has 1 aromatic rings. The third kappa shape index (κ3) is 2.83. The van der Waals surface area contributed by atoms with Gasteiger partial charge >= 0.3 is 0 Å². The Hall–Kier alpha value is -0.960. The summed E-state index contributed by atoms with van der Waals surface area (Å²) in [7, 11) is 0. The molecule has 0 spiro atoms. The van der Waals surface area contributed by atoms with E-state index in [2.05, 4.69) is 23.8 Å². The summed E-state index contributed by atoms with van der Waals surface area (Å²) >= 11 is 0. The third-order valence-corrected chi connectivity index (χ3v) is 4.02. The zero-order valence-electron chi connectivity index (χ0n) is 11.2. The molecule has 94 valence electrons. The van der Waals surface area contributed by atoms with Crippen LogP contribution in [0.2, 0.25) is 0 Å². The molecular weight excluding hydrogens is 210 g/mol. The molecule has 0 atom stereocenters. The normalized spacial score (nSPS) is 20.5. The lowest BCUT2D eigenvalue weighted by Crippen LogP contribution is -2.21. The molecule has 1 aliphatic rings. The molecule has 17 heavy (non-hydrogen) atoms. The van der Waals surface area contributed by atoms with Gasteiger partial charge in [0.15, 0.2) is 0 Å². The first kappa shape index (κ1) is 12.5. The molecule has 1 aliphatic carbocycles. The molecule has 3 heteroatoms. The van der Waals surface area contributed by atoms with Crippen LogP contribution in [0.15, 0.2) is 6.20 Å². The summed E-state index contributed by atoms with van der Waals surface area (Å²) in [6, 6.07) is 0. The Balaban J connectivity index is 2.11. The van der Waals surface area contributed by atoms with Crippen LogP contribution in [0.3, 0.4) is 0 Å².